The summed E-state index contributed by atoms with van der Waals surface area (Å²) in [6.07, 6.45) is 26.2. The van der Waals surface area contributed by atoms with E-state index >= 15 is 0 Å². The third-order valence-electron chi connectivity index (χ3n) is 8.15. The summed E-state index contributed by atoms with van der Waals surface area (Å²) in [4.78, 5) is 0.0518. The Balaban J connectivity index is 2.02. The van der Waals surface area contributed by atoms with Crippen molar-refractivity contribution in [3.8, 4) is 11.5 Å². The smallest absolute Gasteiger partial charge is 0.294 e. The fraction of sp³-hybridized carbons (Fsp3) is 0.667. The summed E-state index contributed by atoms with van der Waals surface area (Å²) in [6.45, 7) is 4.50. The molecule has 232 valence electrons. The van der Waals surface area contributed by atoms with Crippen LogP contribution in [0.25, 0.3) is 0 Å². The average Bonchev–Trinajstić information content (AvgIpc) is 2.96. The van der Waals surface area contributed by atoms with Crippen LogP contribution in [-0.4, -0.2) is 13.0 Å². The van der Waals surface area contributed by atoms with E-state index in [0.717, 1.165) is 49.0 Å². The first-order valence-corrected chi connectivity index (χ1v) is 18.3. The van der Waals surface area contributed by atoms with E-state index in [9.17, 15) is 13.0 Å². The van der Waals surface area contributed by atoms with Crippen molar-refractivity contribution in [2.75, 3.05) is 0 Å². The summed E-state index contributed by atoms with van der Waals surface area (Å²) in [7, 11) is -4.32. The first-order chi connectivity index (χ1) is 20.0. The molecule has 4 nitrogen and oxygen atoms in total. The van der Waals surface area contributed by atoms with Crippen LogP contribution < -0.4 is 4.74 Å². The van der Waals surface area contributed by atoms with Gasteiger partial charge in [0.05, 0.1) is 4.90 Å². The molecule has 0 aliphatic carbocycles. The molecule has 1 N–H and O–H groups in total. The number of para-hydroxylation sites is 1. The summed E-state index contributed by atoms with van der Waals surface area (Å²) in [5.41, 5.74) is 1.69. The van der Waals surface area contributed by atoms with E-state index in [-0.39, 0.29) is 4.90 Å². The third kappa shape index (κ3) is 15.3. The van der Waals surface area contributed by atoms with E-state index in [1.165, 1.54) is 109 Å². The topological polar surface area (TPSA) is 63.6 Å². The molecule has 0 atom stereocenters. The molecular formula is C36H58O4S. The van der Waals surface area contributed by atoms with Gasteiger partial charge in [-0.25, -0.2) is 0 Å². The second-order valence-electron chi connectivity index (χ2n) is 11.8. The number of hydrogen-bond acceptors (Lipinski definition) is 3. The minimum absolute atomic E-state index is 0.0518. The molecule has 0 unspecified atom stereocenters. The lowest BCUT2D eigenvalue weighted by Gasteiger charge is -2.18. The van der Waals surface area contributed by atoms with Crippen LogP contribution in [-0.2, 0) is 23.0 Å². The van der Waals surface area contributed by atoms with Gasteiger partial charge < -0.3 is 4.74 Å². The molecule has 2 rings (SSSR count). The maximum Gasteiger partial charge on any atom is 0.294 e. The summed E-state index contributed by atoms with van der Waals surface area (Å²) in [5.74, 6) is 1.45. The highest BCUT2D eigenvalue weighted by molar-refractivity contribution is 7.85. The quantitative estimate of drug-likeness (QED) is 0.0928. The monoisotopic (exact) mass is 586 g/mol. The predicted octanol–water partition coefficient (Wildman–Crippen LogP) is 11.7. The lowest BCUT2D eigenvalue weighted by Crippen LogP contribution is -2.08. The summed E-state index contributed by atoms with van der Waals surface area (Å²) in [5, 5.41) is 0. The predicted molar refractivity (Wildman–Crippen MR) is 174 cm³/mol. The van der Waals surface area contributed by atoms with E-state index in [0.29, 0.717) is 12.2 Å². The molecule has 0 aliphatic heterocycles. The largest absolute Gasteiger partial charge is 0.457 e. The van der Waals surface area contributed by atoms with Crippen LogP contribution >= 0.6 is 0 Å². The van der Waals surface area contributed by atoms with Crippen LogP contribution in [0.3, 0.4) is 0 Å². The van der Waals surface area contributed by atoms with Crippen LogP contribution in [0, 0.1) is 0 Å². The van der Waals surface area contributed by atoms with Crippen LogP contribution in [0.5, 0.6) is 11.5 Å². The van der Waals surface area contributed by atoms with E-state index in [1.54, 1.807) is 6.07 Å². The van der Waals surface area contributed by atoms with Gasteiger partial charge in [-0.15, -0.1) is 0 Å². The second-order valence-corrected chi connectivity index (χ2v) is 13.2. The molecule has 0 saturated heterocycles. The number of benzene rings is 2. The molecule has 0 saturated carbocycles. The molecule has 41 heavy (non-hydrogen) atoms. The van der Waals surface area contributed by atoms with Gasteiger partial charge in [0.1, 0.15) is 11.5 Å². The molecule has 0 radical (unpaired) electrons. The van der Waals surface area contributed by atoms with Crippen molar-refractivity contribution in [3.05, 3.63) is 53.6 Å². The number of ether oxygens (including phenoxy) is 1. The first-order valence-electron chi connectivity index (χ1n) is 16.8. The van der Waals surface area contributed by atoms with Crippen molar-refractivity contribution in [1.82, 2.24) is 0 Å². The van der Waals surface area contributed by atoms with Gasteiger partial charge in [-0.3, -0.25) is 4.55 Å². The highest BCUT2D eigenvalue weighted by Crippen LogP contribution is 2.34. The van der Waals surface area contributed by atoms with Crippen molar-refractivity contribution < 1.29 is 17.7 Å². The van der Waals surface area contributed by atoms with Gasteiger partial charge >= 0.3 is 0 Å². The highest BCUT2D eigenvalue weighted by Gasteiger charge is 2.22. The lowest BCUT2D eigenvalue weighted by atomic mass is 9.95. The normalized spacial score (nSPS) is 11.7. The molecule has 0 fully saturated rings. The van der Waals surface area contributed by atoms with Crippen molar-refractivity contribution >= 4 is 10.1 Å². The Morgan fingerprint density at radius 3 is 1.39 bits per heavy atom. The van der Waals surface area contributed by atoms with Gasteiger partial charge in [0.15, 0.2) is 0 Å². The standard InChI is InChI=1S/C36H58O4S/c1-3-5-7-9-11-13-15-17-19-24-28-33-34(29-25-20-18-16-14-12-10-8-6-4-2)36(41(37,38)39)31-30-35(33)40-32-26-22-21-23-27-32/h21-23,26-27,30-31H,3-20,24-25,28-29H2,1-2H3,(H,37,38,39). The Kier molecular flexibility index (Phi) is 18.8. The van der Waals surface area contributed by atoms with Gasteiger partial charge in [-0.05, 0) is 61.1 Å². The van der Waals surface area contributed by atoms with Crippen LogP contribution in [0.15, 0.2) is 47.4 Å². The van der Waals surface area contributed by atoms with E-state index in [4.69, 9.17) is 4.74 Å². The maximum atomic E-state index is 12.4. The van der Waals surface area contributed by atoms with Crippen molar-refractivity contribution in [1.29, 1.82) is 0 Å². The molecule has 2 aromatic carbocycles. The molecule has 0 amide bonds. The zero-order valence-corrected chi connectivity index (χ0v) is 27.0. The molecule has 0 aliphatic rings. The third-order valence-corrected chi connectivity index (χ3v) is 9.09. The van der Waals surface area contributed by atoms with E-state index < -0.39 is 10.1 Å². The van der Waals surface area contributed by atoms with Gasteiger partial charge in [0.25, 0.3) is 10.1 Å². The van der Waals surface area contributed by atoms with E-state index in [2.05, 4.69) is 13.8 Å². The fourth-order valence-electron chi connectivity index (χ4n) is 5.73. The Bertz CT molecular complexity index is 1030. The molecule has 0 heterocycles. The molecular weight excluding hydrogens is 528 g/mol. The Hall–Kier alpha value is -1.85. The van der Waals surface area contributed by atoms with Gasteiger partial charge in [-0.2, -0.15) is 8.42 Å². The Labute approximate surface area is 252 Å². The number of unbranched alkanes of at least 4 members (excludes halogenated alkanes) is 18. The fourth-order valence-corrected chi connectivity index (χ4v) is 6.51. The van der Waals surface area contributed by atoms with Gasteiger partial charge in [-0.1, -0.05) is 148 Å². The molecule has 2 aromatic rings. The van der Waals surface area contributed by atoms with Crippen LogP contribution in [0.4, 0.5) is 0 Å². The summed E-state index contributed by atoms with van der Waals surface area (Å²) >= 11 is 0. The SMILES string of the molecule is CCCCCCCCCCCCc1c(Oc2ccccc2)ccc(S(=O)(=O)O)c1CCCCCCCCCCCC. The Morgan fingerprint density at radius 2 is 0.951 bits per heavy atom. The number of rotatable bonds is 25. The molecule has 0 bridgehead atoms. The van der Waals surface area contributed by atoms with Crippen molar-refractivity contribution in [2.45, 2.75) is 160 Å². The van der Waals surface area contributed by atoms with Gasteiger partial charge in [0.2, 0.25) is 0 Å². The lowest BCUT2D eigenvalue weighted by molar-refractivity contribution is 0.467. The first kappa shape index (κ1) is 35.3. The van der Waals surface area contributed by atoms with Crippen LogP contribution in [0.2, 0.25) is 0 Å². The second kappa shape index (κ2) is 21.8. The zero-order chi connectivity index (χ0) is 29.6. The summed E-state index contributed by atoms with van der Waals surface area (Å²) in [6, 6.07) is 12.9. The summed E-state index contributed by atoms with van der Waals surface area (Å²) < 4.78 is 41.2. The number of hydrogen-bond donors (Lipinski definition) is 1. The highest BCUT2D eigenvalue weighted by atomic mass is 32.2. The zero-order valence-electron chi connectivity index (χ0n) is 26.2. The van der Waals surface area contributed by atoms with Crippen molar-refractivity contribution in [2.24, 2.45) is 0 Å². The van der Waals surface area contributed by atoms with Crippen LogP contribution in [0.1, 0.15) is 153 Å². The van der Waals surface area contributed by atoms with E-state index in [1.807, 2.05) is 30.3 Å². The molecule has 0 spiro atoms. The minimum atomic E-state index is -4.32. The van der Waals surface area contributed by atoms with Crippen molar-refractivity contribution in [3.63, 3.8) is 0 Å². The van der Waals surface area contributed by atoms with Gasteiger partial charge in [0, 0.05) is 0 Å². The molecule has 5 heteroatoms. The molecule has 0 aromatic heterocycles. The Morgan fingerprint density at radius 1 is 0.537 bits per heavy atom. The maximum absolute atomic E-state index is 12.4. The average molecular weight is 587 g/mol. The minimum Gasteiger partial charge on any atom is -0.457 e.